The van der Waals surface area contributed by atoms with Gasteiger partial charge in [-0.3, -0.25) is 4.79 Å². The van der Waals surface area contributed by atoms with E-state index in [0.29, 0.717) is 4.47 Å². The molecule has 5 heteroatoms. The summed E-state index contributed by atoms with van der Waals surface area (Å²) in [5.74, 6) is -0.800. The number of hydrogen-bond acceptors (Lipinski definition) is 2. The normalized spacial score (nSPS) is 11.4. The first kappa shape index (κ1) is 14.1. The molecule has 0 fully saturated rings. The van der Waals surface area contributed by atoms with Gasteiger partial charge in [0.2, 0.25) is 0 Å². The predicted octanol–water partition coefficient (Wildman–Crippen LogP) is 2.43. The molecule has 0 aliphatic heterocycles. The summed E-state index contributed by atoms with van der Waals surface area (Å²) in [6.45, 7) is 3.40. The van der Waals surface area contributed by atoms with Gasteiger partial charge in [0.25, 0.3) is 5.91 Å². The van der Waals surface area contributed by atoms with Crippen LogP contribution in [-0.2, 0) is 0 Å². The zero-order valence-electron chi connectivity index (χ0n) is 10.00. The summed E-state index contributed by atoms with van der Waals surface area (Å²) in [6, 6.07) is 4.20. The van der Waals surface area contributed by atoms with E-state index >= 15 is 0 Å². The summed E-state index contributed by atoms with van der Waals surface area (Å²) >= 11 is 3.02. The molecular formula is C12H15BrFNO2. The van der Waals surface area contributed by atoms with Crippen LogP contribution < -0.4 is 0 Å². The Balaban J connectivity index is 2.85. The van der Waals surface area contributed by atoms with Gasteiger partial charge in [0, 0.05) is 19.2 Å². The third-order valence-electron chi connectivity index (χ3n) is 2.14. The number of nitrogens with zero attached hydrogens (tertiary/aromatic N) is 1. The number of benzene rings is 1. The number of hydrogen-bond donors (Lipinski definition) is 1. The van der Waals surface area contributed by atoms with Crippen molar-refractivity contribution in [2.45, 2.75) is 19.4 Å². The maximum Gasteiger partial charge on any atom is 0.253 e. The molecule has 17 heavy (non-hydrogen) atoms. The van der Waals surface area contributed by atoms with Crippen LogP contribution in [0.5, 0.6) is 0 Å². The second-order valence-electron chi connectivity index (χ2n) is 4.60. The van der Waals surface area contributed by atoms with Gasteiger partial charge in [-0.25, -0.2) is 4.39 Å². The quantitative estimate of drug-likeness (QED) is 0.932. The summed E-state index contributed by atoms with van der Waals surface area (Å²) in [5, 5.41) is 9.61. The van der Waals surface area contributed by atoms with E-state index in [1.165, 1.54) is 23.1 Å². The summed E-state index contributed by atoms with van der Waals surface area (Å²) in [4.78, 5) is 13.3. The Morgan fingerprint density at radius 1 is 1.53 bits per heavy atom. The van der Waals surface area contributed by atoms with Crippen molar-refractivity contribution in [2.24, 2.45) is 0 Å². The Labute approximate surface area is 108 Å². The monoisotopic (exact) mass is 303 g/mol. The van der Waals surface area contributed by atoms with Crippen LogP contribution in [0.2, 0.25) is 0 Å². The lowest BCUT2D eigenvalue weighted by Crippen LogP contribution is -2.39. The molecule has 3 nitrogen and oxygen atoms in total. The number of halogens is 2. The van der Waals surface area contributed by atoms with Gasteiger partial charge in [0.05, 0.1) is 10.1 Å². The van der Waals surface area contributed by atoms with Crippen LogP contribution in [-0.4, -0.2) is 35.1 Å². The van der Waals surface area contributed by atoms with Crippen molar-refractivity contribution in [3.8, 4) is 0 Å². The van der Waals surface area contributed by atoms with Crippen molar-refractivity contribution in [1.29, 1.82) is 0 Å². The van der Waals surface area contributed by atoms with Crippen LogP contribution in [0.3, 0.4) is 0 Å². The van der Waals surface area contributed by atoms with E-state index < -0.39 is 11.4 Å². The molecule has 0 bridgehead atoms. The third-order valence-corrected chi connectivity index (χ3v) is 2.78. The molecule has 0 radical (unpaired) electrons. The van der Waals surface area contributed by atoms with Crippen LogP contribution in [0.4, 0.5) is 4.39 Å². The molecule has 0 unspecified atom stereocenters. The van der Waals surface area contributed by atoms with Crippen molar-refractivity contribution in [2.75, 3.05) is 13.6 Å². The van der Waals surface area contributed by atoms with Crippen molar-refractivity contribution < 1.29 is 14.3 Å². The topological polar surface area (TPSA) is 40.5 Å². The molecule has 0 saturated carbocycles. The van der Waals surface area contributed by atoms with Gasteiger partial charge in [-0.2, -0.15) is 0 Å². The van der Waals surface area contributed by atoms with Crippen LogP contribution in [0.15, 0.2) is 22.7 Å². The maximum absolute atomic E-state index is 13.3. The lowest BCUT2D eigenvalue weighted by molar-refractivity contribution is 0.0367. The minimum absolute atomic E-state index is 0.184. The van der Waals surface area contributed by atoms with Crippen molar-refractivity contribution in [3.63, 3.8) is 0 Å². The number of amides is 1. The fourth-order valence-electron chi connectivity index (χ4n) is 1.50. The van der Waals surface area contributed by atoms with E-state index in [0.717, 1.165) is 0 Å². The molecular weight excluding hydrogens is 289 g/mol. The van der Waals surface area contributed by atoms with Crippen LogP contribution in [0, 0.1) is 5.82 Å². The number of rotatable bonds is 3. The van der Waals surface area contributed by atoms with Gasteiger partial charge in [0.15, 0.2) is 0 Å². The first-order chi connectivity index (χ1) is 7.70. The number of likely N-dealkylation sites (N-methyl/N-ethyl adjacent to an activating group) is 1. The fraction of sp³-hybridized carbons (Fsp3) is 0.417. The molecule has 94 valence electrons. The highest BCUT2D eigenvalue weighted by atomic mass is 79.9. The average Bonchev–Trinajstić information content (AvgIpc) is 2.18. The Morgan fingerprint density at radius 3 is 2.59 bits per heavy atom. The summed E-state index contributed by atoms with van der Waals surface area (Å²) in [5.41, 5.74) is -0.712. The zero-order chi connectivity index (χ0) is 13.2. The van der Waals surface area contributed by atoms with Crippen molar-refractivity contribution >= 4 is 21.8 Å². The minimum atomic E-state index is -0.974. The summed E-state index contributed by atoms with van der Waals surface area (Å²) in [6.07, 6.45) is 0. The smallest absolute Gasteiger partial charge is 0.253 e. The second kappa shape index (κ2) is 5.14. The van der Waals surface area contributed by atoms with E-state index in [9.17, 15) is 14.3 Å². The predicted molar refractivity (Wildman–Crippen MR) is 67.4 cm³/mol. The van der Waals surface area contributed by atoms with E-state index in [4.69, 9.17) is 0 Å². The summed E-state index contributed by atoms with van der Waals surface area (Å²) < 4.78 is 13.6. The van der Waals surface area contributed by atoms with E-state index in [2.05, 4.69) is 15.9 Å². The summed E-state index contributed by atoms with van der Waals surface area (Å²) in [7, 11) is 1.57. The molecule has 1 aromatic carbocycles. The van der Waals surface area contributed by atoms with E-state index in [1.807, 2.05) is 0 Å². The number of carbonyl (C=O) groups is 1. The fourth-order valence-corrected chi connectivity index (χ4v) is 1.75. The maximum atomic E-state index is 13.3. The molecule has 1 amide bonds. The molecule has 0 spiro atoms. The molecule has 0 atom stereocenters. The third kappa shape index (κ3) is 4.09. The molecule has 1 N–H and O–H groups in total. The van der Waals surface area contributed by atoms with E-state index in [1.54, 1.807) is 20.9 Å². The minimum Gasteiger partial charge on any atom is -0.389 e. The Morgan fingerprint density at radius 2 is 2.12 bits per heavy atom. The molecule has 0 saturated heterocycles. The number of aliphatic hydroxyl groups is 1. The Hall–Kier alpha value is -0.940. The van der Waals surface area contributed by atoms with Gasteiger partial charge in [-0.1, -0.05) is 0 Å². The van der Waals surface area contributed by atoms with Gasteiger partial charge in [-0.15, -0.1) is 0 Å². The lowest BCUT2D eigenvalue weighted by atomic mass is 10.1. The molecule has 1 aromatic rings. The van der Waals surface area contributed by atoms with Crippen LogP contribution in [0.25, 0.3) is 0 Å². The Kier molecular flexibility index (Phi) is 4.27. The van der Waals surface area contributed by atoms with Crippen molar-refractivity contribution in [3.05, 3.63) is 34.1 Å². The molecule has 1 rings (SSSR count). The first-order valence-corrected chi connectivity index (χ1v) is 5.93. The average molecular weight is 304 g/mol. The van der Waals surface area contributed by atoms with Crippen LogP contribution >= 0.6 is 15.9 Å². The van der Waals surface area contributed by atoms with Gasteiger partial charge < -0.3 is 10.0 Å². The first-order valence-electron chi connectivity index (χ1n) is 5.13. The highest BCUT2D eigenvalue weighted by Crippen LogP contribution is 2.17. The Bertz CT molecular complexity index is 429. The highest BCUT2D eigenvalue weighted by molar-refractivity contribution is 9.10. The van der Waals surface area contributed by atoms with Gasteiger partial charge in [0.1, 0.15) is 5.82 Å². The van der Waals surface area contributed by atoms with Crippen molar-refractivity contribution in [1.82, 2.24) is 4.90 Å². The molecule has 0 aliphatic carbocycles. The lowest BCUT2D eigenvalue weighted by Gasteiger charge is -2.25. The SMILES string of the molecule is CN(CC(C)(C)O)C(=O)c1ccc(Br)c(F)c1. The zero-order valence-corrected chi connectivity index (χ0v) is 11.6. The van der Waals surface area contributed by atoms with Gasteiger partial charge >= 0.3 is 0 Å². The number of carbonyl (C=O) groups excluding carboxylic acids is 1. The standard InChI is InChI=1S/C12H15BrFNO2/c1-12(2,17)7-15(3)11(16)8-4-5-9(13)10(14)6-8/h4-6,17H,7H2,1-3H3. The molecule has 0 heterocycles. The highest BCUT2D eigenvalue weighted by Gasteiger charge is 2.20. The van der Waals surface area contributed by atoms with Crippen LogP contribution in [0.1, 0.15) is 24.2 Å². The molecule has 0 aliphatic rings. The van der Waals surface area contributed by atoms with E-state index in [-0.39, 0.29) is 18.0 Å². The van der Waals surface area contributed by atoms with Gasteiger partial charge in [-0.05, 0) is 48.0 Å². The largest absolute Gasteiger partial charge is 0.389 e. The molecule has 0 aromatic heterocycles. The second-order valence-corrected chi connectivity index (χ2v) is 5.46.